The zero-order valence-corrected chi connectivity index (χ0v) is 12.2. The minimum atomic E-state index is -0.182. The molecule has 0 unspecified atom stereocenters. The van der Waals surface area contributed by atoms with Crippen LogP contribution in [0.5, 0.6) is 0 Å². The zero-order chi connectivity index (χ0) is 15.1. The molecule has 0 aliphatic heterocycles. The largest absolute Gasteiger partial charge is 0.350 e. The van der Waals surface area contributed by atoms with Crippen molar-refractivity contribution in [1.82, 2.24) is 20.3 Å². The first-order chi connectivity index (χ1) is 10.1. The Kier molecular flexibility index (Phi) is 5.20. The number of nitrogens with one attached hydrogen (secondary N) is 2. The second-order valence-electron chi connectivity index (χ2n) is 5.08. The molecule has 0 radical (unpaired) electrons. The summed E-state index contributed by atoms with van der Waals surface area (Å²) in [7, 11) is 0. The van der Waals surface area contributed by atoms with E-state index < -0.39 is 0 Å². The smallest absolute Gasteiger partial charge is 0.270 e. The van der Waals surface area contributed by atoms with Gasteiger partial charge in [0.05, 0.1) is 0 Å². The summed E-state index contributed by atoms with van der Waals surface area (Å²) >= 11 is 0. The van der Waals surface area contributed by atoms with E-state index >= 15 is 0 Å². The number of aromatic nitrogens is 3. The van der Waals surface area contributed by atoms with Crippen molar-refractivity contribution in [3.63, 3.8) is 0 Å². The van der Waals surface area contributed by atoms with Gasteiger partial charge in [0.2, 0.25) is 5.95 Å². The highest BCUT2D eigenvalue weighted by molar-refractivity contribution is 5.92. The van der Waals surface area contributed by atoms with E-state index in [1.54, 1.807) is 24.7 Å². The summed E-state index contributed by atoms with van der Waals surface area (Å²) in [5, 5.41) is 5.93. The number of rotatable bonds is 6. The van der Waals surface area contributed by atoms with Crippen LogP contribution in [0.2, 0.25) is 0 Å². The van der Waals surface area contributed by atoms with Crippen LogP contribution in [0.25, 0.3) is 0 Å². The van der Waals surface area contributed by atoms with Crippen molar-refractivity contribution in [2.24, 2.45) is 5.92 Å². The quantitative estimate of drug-likeness (QED) is 0.847. The molecule has 0 spiro atoms. The minimum absolute atomic E-state index is 0.182. The molecular formula is C15H19N5O. The van der Waals surface area contributed by atoms with Crippen LogP contribution in [0.3, 0.4) is 0 Å². The van der Waals surface area contributed by atoms with Gasteiger partial charge in [0.15, 0.2) is 0 Å². The van der Waals surface area contributed by atoms with Gasteiger partial charge in [-0.15, -0.1) is 0 Å². The summed E-state index contributed by atoms with van der Waals surface area (Å²) in [4.78, 5) is 24.2. The standard InChI is InChI=1S/C15H19N5O/c1-11(2)9-18-14(21)13-5-8-17-15(20-13)19-10-12-3-6-16-7-4-12/h3-8,11H,9-10H2,1-2H3,(H,18,21)(H,17,19,20). The van der Waals surface area contributed by atoms with Crippen molar-refractivity contribution in [1.29, 1.82) is 0 Å². The first kappa shape index (κ1) is 14.9. The number of amides is 1. The van der Waals surface area contributed by atoms with Gasteiger partial charge in [-0.05, 0) is 29.7 Å². The molecule has 0 saturated heterocycles. The molecule has 0 bridgehead atoms. The average Bonchev–Trinajstić information content (AvgIpc) is 2.52. The Morgan fingerprint density at radius 1 is 1.19 bits per heavy atom. The maximum absolute atomic E-state index is 11.9. The van der Waals surface area contributed by atoms with Gasteiger partial charge in [-0.3, -0.25) is 9.78 Å². The lowest BCUT2D eigenvalue weighted by Crippen LogP contribution is -2.28. The number of pyridine rings is 1. The van der Waals surface area contributed by atoms with E-state index in [-0.39, 0.29) is 5.91 Å². The zero-order valence-electron chi connectivity index (χ0n) is 12.2. The van der Waals surface area contributed by atoms with Gasteiger partial charge in [0, 0.05) is 31.7 Å². The summed E-state index contributed by atoms with van der Waals surface area (Å²) in [6.45, 7) is 5.30. The third kappa shape index (κ3) is 4.83. The SMILES string of the molecule is CC(C)CNC(=O)c1ccnc(NCc2ccncc2)n1. The van der Waals surface area contributed by atoms with E-state index in [1.165, 1.54) is 0 Å². The van der Waals surface area contributed by atoms with Crippen LogP contribution >= 0.6 is 0 Å². The van der Waals surface area contributed by atoms with E-state index in [0.29, 0.717) is 30.6 Å². The van der Waals surface area contributed by atoms with Gasteiger partial charge in [0.25, 0.3) is 5.91 Å². The predicted octanol–water partition coefficient (Wildman–Crippen LogP) is 1.87. The molecular weight excluding hydrogens is 266 g/mol. The van der Waals surface area contributed by atoms with E-state index in [9.17, 15) is 4.79 Å². The molecule has 1 amide bonds. The monoisotopic (exact) mass is 285 g/mol. The highest BCUT2D eigenvalue weighted by atomic mass is 16.1. The Morgan fingerprint density at radius 3 is 2.67 bits per heavy atom. The number of anilines is 1. The molecule has 2 aromatic heterocycles. The number of nitrogens with zero attached hydrogens (tertiary/aromatic N) is 3. The normalized spacial score (nSPS) is 10.4. The average molecular weight is 285 g/mol. The molecule has 0 aliphatic rings. The van der Waals surface area contributed by atoms with Gasteiger partial charge >= 0.3 is 0 Å². The summed E-state index contributed by atoms with van der Waals surface area (Å²) in [6.07, 6.45) is 5.04. The van der Waals surface area contributed by atoms with Crippen molar-refractivity contribution in [2.45, 2.75) is 20.4 Å². The minimum Gasteiger partial charge on any atom is -0.350 e. The van der Waals surface area contributed by atoms with Gasteiger partial charge in [0.1, 0.15) is 5.69 Å². The van der Waals surface area contributed by atoms with Crippen molar-refractivity contribution < 1.29 is 4.79 Å². The van der Waals surface area contributed by atoms with Crippen LogP contribution in [0, 0.1) is 5.92 Å². The van der Waals surface area contributed by atoms with Crippen molar-refractivity contribution in [3.05, 3.63) is 48.0 Å². The molecule has 110 valence electrons. The lowest BCUT2D eigenvalue weighted by Gasteiger charge is -2.08. The molecule has 2 aromatic rings. The Hall–Kier alpha value is -2.50. The number of hydrogen-bond acceptors (Lipinski definition) is 5. The maximum Gasteiger partial charge on any atom is 0.270 e. The third-order valence-electron chi connectivity index (χ3n) is 2.76. The van der Waals surface area contributed by atoms with Gasteiger partial charge in [-0.2, -0.15) is 0 Å². The van der Waals surface area contributed by atoms with Crippen molar-refractivity contribution in [3.8, 4) is 0 Å². The first-order valence-corrected chi connectivity index (χ1v) is 6.89. The van der Waals surface area contributed by atoms with Crippen LogP contribution in [-0.2, 0) is 6.54 Å². The molecule has 0 aliphatic carbocycles. The van der Waals surface area contributed by atoms with Crippen molar-refractivity contribution in [2.75, 3.05) is 11.9 Å². The van der Waals surface area contributed by atoms with Crippen LogP contribution in [0.4, 0.5) is 5.95 Å². The fraction of sp³-hybridized carbons (Fsp3) is 0.333. The van der Waals surface area contributed by atoms with E-state index in [0.717, 1.165) is 5.56 Å². The first-order valence-electron chi connectivity index (χ1n) is 6.89. The summed E-state index contributed by atoms with van der Waals surface area (Å²) in [5.74, 6) is 0.655. The van der Waals surface area contributed by atoms with E-state index in [4.69, 9.17) is 0 Å². The summed E-state index contributed by atoms with van der Waals surface area (Å²) < 4.78 is 0. The van der Waals surface area contributed by atoms with Crippen LogP contribution in [0.15, 0.2) is 36.8 Å². The molecule has 0 saturated carbocycles. The van der Waals surface area contributed by atoms with Crippen LogP contribution in [-0.4, -0.2) is 27.4 Å². The van der Waals surface area contributed by atoms with E-state index in [2.05, 4.69) is 25.6 Å². The number of carbonyl (C=O) groups excluding carboxylic acids is 1. The van der Waals surface area contributed by atoms with Crippen molar-refractivity contribution >= 4 is 11.9 Å². The second kappa shape index (κ2) is 7.33. The molecule has 2 heterocycles. The Labute approximate surface area is 124 Å². The Bertz CT molecular complexity index is 586. The third-order valence-corrected chi connectivity index (χ3v) is 2.76. The molecule has 2 rings (SSSR count). The molecule has 0 aromatic carbocycles. The van der Waals surface area contributed by atoms with Crippen LogP contribution < -0.4 is 10.6 Å². The topological polar surface area (TPSA) is 79.8 Å². The molecule has 2 N–H and O–H groups in total. The Balaban J connectivity index is 1.96. The maximum atomic E-state index is 11.9. The molecule has 21 heavy (non-hydrogen) atoms. The lowest BCUT2D eigenvalue weighted by molar-refractivity contribution is 0.0944. The fourth-order valence-corrected chi connectivity index (χ4v) is 1.64. The molecule has 6 heteroatoms. The summed E-state index contributed by atoms with van der Waals surface area (Å²) in [6, 6.07) is 5.42. The second-order valence-corrected chi connectivity index (χ2v) is 5.08. The molecule has 0 atom stereocenters. The van der Waals surface area contributed by atoms with Gasteiger partial charge in [-0.25, -0.2) is 9.97 Å². The highest BCUT2D eigenvalue weighted by Crippen LogP contribution is 2.04. The van der Waals surface area contributed by atoms with Gasteiger partial charge < -0.3 is 10.6 Å². The van der Waals surface area contributed by atoms with Gasteiger partial charge in [-0.1, -0.05) is 13.8 Å². The highest BCUT2D eigenvalue weighted by Gasteiger charge is 2.08. The fourth-order valence-electron chi connectivity index (χ4n) is 1.64. The molecule has 0 fully saturated rings. The molecule has 6 nitrogen and oxygen atoms in total. The predicted molar refractivity (Wildman–Crippen MR) is 80.8 cm³/mol. The number of carbonyl (C=O) groups is 1. The lowest BCUT2D eigenvalue weighted by atomic mass is 10.2. The number of hydrogen-bond donors (Lipinski definition) is 2. The summed E-state index contributed by atoms with van der Waals surface area (Å²) in [5.41, 5.74) is 1.44. The van der Waals surface area contributed by atoms with E-state index in [1.807, 2.05) is 26.0 Å². The Morgan fingerprint density at radius 2 is 1.95 bits per heavy atom. The van der Waals surface area contributed by atoms with Crippen LogP contribution in [0.1, 0.15) is 29.9 Å².